The number of piperazine rings is 1. The van der Waals surface area contributed by atoms with E-state index in [2.05, 4.69) is 44.2 Å². The summed E-state index contributed by atoms with van der Waals surface area (Å²) >= 11 is 0. The zero-order valence-electron chi connectivity index (χ0n) is 20.0. The van der Waals surface area contributed by atoms with E-state index in [-0.39, 0.29) is 11.9 Å². The number of guanidine groups is 1. The first-order chi connectivity index (χ1) is 15.6. The number of likely N-dealkylation sites (N-methyl/N-ethyl adjacent to an activating group) is 1. The fraction of sp³-hybridized carbons (Fsp3) is 0.708. The molecule has 2 saturated heterocycles. The molecule has 2 N–H and O–H groups in total. The van der Waals surface area contributed by atoms with Crippen LogP contribution in [0.15, 0.2) is 29.3 Å². The van der Waals surface area contributed by atoms with Gasteiger partial charge in [0.1, 0.15) is 5.82 Å². The van der Waals surface area contributed by atoms with Crippen LogP contribution in [-0.2, 0) is 4.74 Å². The van der Waals surface area contributed by atoms with E-state index in [4.69, 9.17) is 4.74 Å². The molecule has 0 saturated carbocycles. The van der Waals surface area contributed by atoms with Gasteiger partial charge in [0.15, 0.2) is 5.96 Å². The van der Waals surface area contributed by atoms with Crippen LogP contribution in [0, 0.1) is 11.7 Å². The zero-order valence-corrected chi connectivity index (χ0v) is 20.0. The molecule has 0 aliphatic carbocycles. The second-order valence-corrected chi connectivity index (χ2v) is 8.89. The van der Waals surface area contributed by atoms with Gasteiger partial charge in [-0.15, -0.1) is 0 Å². The molecule has 8 heteroatoms. The normalized spacial score (nSPS) is 21.3. The highest BCUT2D eigenvalue weighted by Gasteiger charge is 2.23. The van der Waals surface area contributed by atoms with Gasteiger partial charge in [-0.3, -0.25) is 9.89 Å². The van der Waals surface area contributed by atoms with E-state index in [1.54, 1.807) is 0 Å². The highest BCUT2D eigenvalue weighted by Crippen LogP contribution is 2.21. The minimum atomic E-state index is -0.204. The highest BCUT2D eigenvalue weighted by molar-refractivity contribution is 5.79. The molecule has 1 aromatic rings. The van der Waals surface area contributed by atoms with Gasteiger partial charge in [0.25, 0.3) is 0 Å². The smallest absolute Gasteiger partial charge is 0.191 e. The Morgan fingerprint density at radius 3 is 2.25 bits per heavy atom. The van der Waals surface area contributed by atoms with Gasteiger partial charge < -0.3 is 25.2 Å². The Kier molecular flexibility index (Phi) is 10.2. The molecule has 2 unspecified atom stereocenters. The third-order valence-corrected chi connectivity index (χ3v) is 6.53. The summed E-state index contributed by atoms with van der Waals surface area (Å²) in [4.78, 5) is 11.9. The number of benzene rings is 1. The molecule has 0 spiro atoms. The van der Waals surface area contributed by atoms with Crippen molar-refractivity contribution in [2.75, 3.05) is 85.7 Å². The van der Waals surface area contributed by atoms with Gasteiger partial charge in [0.05, 0.1) is 19.3 Å². The fourth-order valence-electron chi connectivity index (χ4n) is 4.51. The van der Waals surface area contributed by atoms with E-state index < -0.39 is 0 Å². The van der Waals surface area contributed by atoms with Crippen molar-refractivity contribution in [1.82, 2.24) is 25.3 Å². The SMILES string of the molecule is CCN1CCN(CC(C)CNC(=NC)NCC(c2ccc(F)cc2)N2CCOCC2)CC1. The third-order valence-electron chi connectivity index (χ3n) is 6.53. The van der Waals surface area contributed by atoms with Crippen LogP contribution in [0.25, 0.3) is 0 Å². The Morgan fingerprint density at radius 2 is 1.62 bits per heavy atom. The molecule has 7 nitrogen and oxygen atoms in total. The van der Waals surface area contributed by atoms with E-state index in [0.29, 0.717) is 12.5 Å². The van der Waals surface area contributed by atoms with Crippen molar-refractivity contribution in [2.24, 2.45) is 10.9 Å². The van der Waals surface area contributed by atoms with Crippen molar-refractivity contribution in [3.8, 4) is 0 Å². The van der Waals surface area contributed by atoms with Gasteiger partial charge in [0.2, 0.25) is 0 Å². The van der Waals surface area contributed by atoms with Gasteiger partial charge in [-0.05, 0) is 30.2 Å². The van der Waals surface area contributed by atoms with Gasteiger partial charge in [-0.1, -0.05) is 26.0 Å². The number of ether oxygens (including phenoxy) is 1. The molecule has 2 atom stereocenters. The molecule has 3 rings (SSSR count). The summed E-state index contributed by atoms with van der Waals surface area (Å²) in [6, 6.07) is 6.99. The van der Waals surface area contributed by atoms with E-state index >= 15 is 0 Å². The molecular formula is C24H41FN6O. The van der Waals surface area contributed by atoms with Gasteiger partial charge in [0, 0.05) is 66.0 Å². The summed E-state index contributed by atoms with van der Waals surface area (Å²) in [5, 5.41) is 6.99. The number of nitrogens with one attached hydrogen (secondary N) is 2. The molecule has 0 bridgehead atoms. The quantitative estimate of drug-likeness (QED) is 0.443. The van der Waals surface area contributed by atoms with Crippen molar-refractivity contribution in [2.45, 2.75) is 19.9 Å². The first kappa shape index (κ1) is 24.9. The number of morpholine rings is 1. The van der Waals surface area contributed by atoms with Crippen molar-refractivity contribution < 1.29 is 9.13 Å². The minimum absolute atomic E-state index is 0.144. The summed E-state index contributed by atoms with van der Waals surface area (Å²) in [6.07, 6.45) is 0. The molecule has 1 aromatic carbocycles. The summed E-state index contributed by atoms with van der Waals surface area (Å²) in [6.45, 7) is 16.2. The predicted octanol–water partition coefficient (Wildman–Crippen LogP) is 1.64. The van der Waals surface area contributed by atoms with Crippen molar-refractivity contribution in [1.29, 1.82) is 0 Å². The molecule has 2 heterocycles. The van der Waals surface area contributed by atoms with Gasteiger partial charge in [-0.25, -0.2) is 4.39 Å². The molecule has 180 valence electrons. The molecule has 2 aliphatic heterocycles. The average molecular weight is 449 g/mol. The van der Waals surface area contributed by atoms with Crippen LogP contribution < -0.4 is 10.6 Å². The molecule has 0 radical (unpaired) electrons. The Bertz CT molecular complexity index is 686. The van der Waals surface area contributed by atoms with Crippen molar-refractivity contribution in [3.05, 3.63) is 35.6 Å². The molecule has 2 aliphatic rings. The molecule has 0 amide bonds. The summed E-state index contributed by atoms with van der Waals surface area (Å²) < 4.78 is 19.0. The first-order valence-electron chi connectivity index (χ1n) is 12.1. The average Bonchev–Trinajstić information content (AvgIpc) is 2.83. The van der Waals surface area contributed by atoms with Crippen LogP contribution in [-0.4, -0.2) is 106 Å². The monoisotopic (exact) mass is 448 g/mol. The van der Waals surface area contributed by atoms with E-state index in [0.717, 1.165) is 70.6 Å². The van der Waals surface area contributed by atoms with Crippen LogP contribution in [0.4, 0.5) is 4.39 Å². The standard InChI is InChI=1S/C24H41FN6O/c1-4-29-9-11-30(12-10-29)19-20(2)17-27-24(26-3)28-18-23(31-13-15-32-16-14-31)21-5-7-22(25)8-6-21/h5-8,20,23H,4,9-19H2,1-3H3,(H2,26,27,28). The van der Waals surface area contributed by atoms with Crippen molar-refractivity contribution >= 4 is 5.96 Å². The lowest BCUT2D eigenvalue weighted by Gasteiger charge is -2.36. The Hall–Kier alpha value is -1.74. The number of halogens is 1. The number of aliphatic imine (C=N–C) groups is 1. The maximum absolute atomic E-state index is 13.5. The van der Waals surface area contributed by atoms with E-state index in [1.165, 1.54) is 25.2 Å². The van der Waals surface area contributed by atoms with Crippen LogP contribution in [0.3, 0.4) is 0 Å². The summed E-state index contributed by atoms with van der Waals surface area (Å²) in [5.74, 6) is 1.15. The second-order valence-electron chi connectivity index (χ2n) is 8.89. The molecule has 2 fully saturated rings. The van der Waals surface area contributed by atoms with Crippen molar-refractivity contribution in [3.63, 3.8) is 0 Å². The molecular weight excluding hydrogens is 407 g/mol. The van der Waals surface area contributed by atoms with Crippen LogP contribution in [0.5, 0.6) is 0 Å². The topological polar surface area (TPSA) is 55.4 Å². The zero-order chi connectivity index (χ0) is 22.8. The molecule has 32 heavy (non-hydrogen) atoms. The molecule has 0 aromatic heterocycles. The third kappa shape index (κ3) is 7.69. The van der Waals surface area contributed by atoms with Gasteiger partial charge >= 0.3 is 0 Å². The number of hydrogen-bond donors (Lipinski definition) is 2. The Labute approximate surface area is 193 Å². The lowest BCUT2D eigenvalue weighted by atomic mass is 10.0. The lowest BCUT2D eigenvalue weighted by Crippen LogP contribution is -2.49. The second kappa shape index (κ2) is 13.1. The van der Waals surface area contributed by atoms with Gasteiger partial charge in [-0.2, -0.15) is 0 Å². The van der Waals surface area contributed by atoms with Crippen LogP contribution in [0.2, 0.25) is 0 Å². The summed E-state index contributed by atoms with van der Waals surface area (Å²) in [5.41, 5.74) is 1.11. The number of rotatable bonds is 9. The maximum Gasteiger partial charge on any atom is 0.191 e. The Morgan fingerprint density at radius 1 is 1.00 bits per heavy atom. The maximum atomic E-state index is 13.5. The van der Waals surface area contributed by atoms with E-state index in [9.17, 15) is 4.39 Å². The predicted molar refractivity (Wildman–Crippen MR) is 129 cm³/mol. The largest absolute Gasteiger partial charge is 0.379 e. The number of nitrogens with zero attached hydrogens (tertiary/aromatic N) is 4. The first-order valence-corrected chi connectivity index (χ1v) is 12.1. The Balaban J connectivity index is 1.48. The van der Waals surface area contributed by atoms with Crippen LogP contribution in [0.1, 0.15) is 25.5 Å². The minimum Gasteiger partial charge on any atom is -0.379 e. The summed E-state index contributed by atoms with van der Waals surface area (Å²) in [7, 11) is 1.81. The van der Waals surface area contributed by atoms with Crippen LogP contribution >= 0.6 is 0 Å². The lowest BCUT2D eigenvalue weighted by molar-refractivity contribution is 0.0170. The highest BCUT2D eigenvalue weighted by atomic mass is 19.1. The number of hydrogen-bond acceptors (Lipinski definition) is 5. The van der Waals surface area contributed by atoms with E-state index in [1.807, 2.05) is 19.2 Å². The fourth-order valence-corrected chi connectivity index (χ4v) is 4.51.